The second-order valence-electron chi connectivity index (χ2n) is 12.7. The Morgan fingerprint density at radius 3 is 2.67 bits per heavy atom. The Hall–Kier alpha value is -1.49. The third-order valence-corrected chi connectivity index (χ3v) is 11.1. The van der Waals surface area contributed by atoms with Gasteiger partial charge >= 0.3 is 0 Å². The lowest BCUT2D eigenvalue weighted by Crippen LogP contribution is -2.56. The first-order valence-electron chi connectivity index (χ1n) is 14.7. The standard InChI is InChI=1S/C31H45F2NO2/c1-4-36-18-20-8-11-23-21(16-20)9-12-25-24(23)14-15-31(3)27(6-5-7-28(25)31)19(2)34-30(35)26-13-10-22(32)17-29(26)33/h10,13,17,19-21,23-25,27-28H,4-9,11-12,14-16,18H2,1-3H3,(H,34,35)/t19-,20-,21?,23-,24?,25+,27+,28?,31+/m0/s1. The van der Waals surface area contributed by atoms with E-state index in [2.05, 4.69) is 26.1 Å². The van der Waals surface area contributed by atoms with E-state index in [4.69, 9.17) is 4.74 Å². The van der Waals surface area contributed by atoms with Gasteiger partial charge < -0.3 is 10.1 Å². The van der Waals surface area contributed by atoms with Gasteiger partial charge in [0.05, 0.1) is 5.56 Å². The fourth-order valence-electron chi connectivity index (χ4n) is 9.51. The molecule has 0 aliphatic heterocycles. The lowest BCUT2D eigenvalue weighted by Gasteiger charge is -2.61. The molecule has 0 aromatic heterocycles. The number of hydrogen-bond donors (Lipinski definition) is 1. The van der Waals surface area contributed by atoms with Crippen molar-refractivity contribution in [3.63, 3.8) is 0 Å². The molecular weight excluding hydrogens is 456 g/mol. The molecular formula is C31H45F2NO2. The highest BCUT2D eigenvalue weighted by Crippen LogP contribution is 2.63. The number of hydrogen-bond acceptors (Lipinski definition) is 2. The number of ether oxygens (including phenoxy) is 1. The Morgan fingerprint density at radius 1 is 1.08 bits per heavy atom. The van der Waals surface area contributed by atoms with E-state index in [1.54, 1.807) is 0 Å². The van der Waals surface area contributed by atoms with Crippen LogP contribution in [-0.2, 0) is 4.74 Å². The summed E-state index contributed by atoms with van der Waals surface area (Å²) >= 11 is 0. The fourth-order valence-corrected chi connectivity index (χ4v) is 9.51. The van der Waals surface area contributed by atoms with Gasteiger partial charge in [0.1, 0.15) is 11.6 Å². The molecule has 0 saturated heterocycles. The highest BCUT2D eigenvalue weighted by molar-refractivity contribution is 5.94. The number of halogens is 2. The molecule has 1 aromatic rings. The summed E-state index contributed by atoms with van der Waals surface area (Å²) in [6, 6.07) is 3.17. The number of rotatable bonds is 6. The Bertz CT molecular complexity index is 937. The average Bonchev–Trinajstić information content (AvgIpc) is 2.86. The highest BCUT2D eigenvalue weighted by atomic mass is 19.1. The first-order valence-corrected chi connectivity index (χ1v) is 14.7. The number of carbonyl (C=O) groups is 1. The molecule has 9 atom stereocenters. The van der Waals surface area contributed by atoms with Crippen molar-refractivity contribution in [2.24, 2.45) is 46.8 Å². The summed E-state index contributed by atoms with van der Waals surface area (Å²) in [5, 5.41) is 3.11. The number of carbonyl (C=O) groups excluding carboxylic acids is 1. The van der Waals surface area contributed by atoms with Crippen LogP contribution in [-0.4, -0.2) is 25.2 Å². The molecule has 36 heavy (non-hydrogen) atoms. The third-order valence-electron chi connectivity index (χ3n) is 11.1. The minimum Gasteiger partial charge on any atom is -0.381 e. The zero-order valence-electron chi connectivity index (χ0n) is 22.4. The van der Waals surface area contributed by atoms with Crippen molar-refractivity contribution in [1.29, 1.82) is 0 Å². The molecule has 0 heterocycles. The van der Waals surface area contributed by atoms with Crippen molar-refractivity contribution in [3.8, 4) is 0 Å². The van der Waals surface area contributed by atoms with Crippen LogP contribution in [0, 0.1) is 58.5 Å². The van der Waals surface area contributed by atoms with E-state index < -0.39 is 17.5 Å². The molecule has 1 aromatic carbocycles. The third kappa shape index (κ3) is 4.86. The van der Waals surface area contributed by atoms with Gasteiger partial charge in [-0.1, -0.05) is 13.3 Å². The van der Waals surface area contributed by atoms with Crippen LogP contribution in [0.2, 0.25) is 0 Å². The molecule has 4 fully saturated rings. The van der Waals surface area contributed by atoms with Gasteiger partial charge in [-0.15, -0.1) is 0 Å². The Labute approximate surface area is 216 Å². The van der Waals surface area contributed by atoms with Crippen LogP contribution in [0.3, 0.4) is 0 Å². The topological polar surface area (TPSA) is 38.3 Å². The lowest BCUT2D eigenvalue weighted by molar-refractivity contribution is -0.117. The zero-order valence-corrected chi connectivity index (χ0v) is 22.4. The van der Waals surface area contributed by atoms with Crippen LogP contribution in [0.1, 0.15) is 95.3 Å². The summed E-state index contributed by atoms with van der Waals surface area (Å²) in [7, 11) is 0. The molecule has 5 heteroatoms. The molecule has 3 nitrogen and oxygen atoms in total. The van der Waals surface area contributed by atoms with Gasteiger partial charge in [0.15, 0.2) is 0 Å². The maximum Gasteiger partial charge on any atom is 0.254 e. The van der Waals surface area contributed by atoms with Crippen LogP contribution in [0.15, 0.2) is 18.2 Å². The van der Waals surface area contributed by atoms with Gasteiger partial charge in [0.25, 0.3) is 5.91 Å². The van der Waals surface area contributed by atoms with Crippen molar-refractivity contribution in [2.75, 3.05) is 13.2 Å². The lowest BCUT2D eigenvalue weighted by atomic mass is 9.44. The Kier molecular flexibility index (Phi) is 7.77. The van der Waals surface area contributed by atoms with Crippen LogP contribution in [0.5, 0.6) is 0 Å². The smallest absolute Gasteiger partial charge is 0.254 e. The fraction of sp³-hybridized carbons (Fsp3) is 0.774. The second kappa shape index (κ2) is 10.7. The molecule has 5 rings (SSSR count). The van der Waals surface area contributed by atoms with E-state index >= 15 is 0 Å². The molecule has 3 unspecified atom stereocenters. The van der Waals surface area contributed by atoms with Crippen molar-refractivity contribution < 1.29 is 18.3 Å². The highest BCUT2D eigenvalue weighted by Gasteiger charge is 2.56. The van der Waals surface area contributed by atoms with E-state index in [1.165, 1.54) is 63.9 Å². The van der Waals surface area contributed by atoms with E-state index in [-0.39, 0.29) is 17.0 Å². The molecule has 4 aliphatic rings. The summed E-state index contributed by atoms with van der Waals surface area (Å²) in [5.74, 6) is 3.46. The van der Waals surface area contributed by atoms with Crippen molar-refractivity contribution >= 4 is 5.91 Å². The summed E-state index contributed by atoms with van der Waals surface area (Å²) in [4.78, 5) is 12.9. The quantitative estimate of drug-likeness (QED) is 0.441. The van der Waals surface area contributed by atoms with E-state index in [1.807, 2.05) is 0 Å². The first kappa shape index (κ1) is 26.1. The van der Waals surface area contributed by atoms with Crippen molar-refractivity contribution in [2.45, 2.75) is 91.0 Å². The SMILES string of the molecule is CCOC[C@H]1CC[C@H]2C(CC[C@@H]3C2CC[C@@]2(C)C3CCC[C@@H]2[C@H](C)NC(=O)c2ccc(F)cc2F)C1. The second-order valence-corrected chi connectivity index (χ2v) is 12.7. The Balaban J connectivity index is 1.26. The van der Waals surface area contributed by atoms with Crippen LogP contribution < -0.4 is 5.32 Å². The molecule has 1 N–H and O–H groups in total. The first-order chi connectivity index (χ1) is 17.3. The van der Waals surface area contributed by atoms with E-state index in [0.29, 0.717) is 5.92 Å². The molecule has 200 valence electrons. The largest absolute Gasteiger partial charge is 0.381 e. The van der Waals surface area contributed by atoms with Crippen LogP contribution in [0.4, 0.5) is 8.78 Å². The van der Waals surface area contributed by atoms with Crippen LogP contribution in [0.25, 0.3) is 0 Å². The predicted octanol–water partition coefficient (Wildman–Crippen LogP) is 7.39. The summed E-state index contributed by atoms with van der Waals surface area (Å²) < 4.78 is 33.3. The molecule has 4 aliphatic carbocycles. The van der Waals surface area contributed by atoms with Crippen molar-refractivity contribution in [3.05, 3.63) is 35.4 Å². The summed E-state index contributed by atoms with van der Waals surface area (Å²) in [6.07, 6.45) is 13.0. The number of fused-ring (bicyclic) bond motifs is 5. The average molecular weight is 502 g/mol. The monoisotopic (exact) mass is 501 g/mol. The van der Waals surface area contributed by atoms with Crippen molar-refractivity contribution in [1.82, 2.24) is 5.32 Å². The summed E-state index contributed by atoms with van der Waals surface area (Å²) in [6.45, 7) is 8.46. The molecule has 0 spiro atoms. The van der Waals surface area contributed by atoms with E-state index in [0.717, 1.165) is 67.3 Å². The number of benzene rings is 1. The predicted molar refractivity (Wildman–Crippen MR) is 138 cm³/mol. The van der Waals surface area contributed by atoms with Gasteiger partial charge in [0, 0.05) is 25.3 Å². The zero-order chi connectivity index (χ0) is 25.4. The minimum absolute atomic E-state index is 0.0309. The van der Waals surface area contributed by atoms with Gasteiger partial charge in [-0.05, 0) is 131 Å². The molecule has 4 saturated carbocycles. The van der Waals surface area contributed by atoms with Gasteiger partial charge in [0.2, 0.25) is 0 Å². The van der Waals surface area contributed by atoms with Gasteiger partial charge in [-0.25, -0.2) is 8.78 Å². The maximum absolute atomic E-state index is 14.2. The normalized spacial score (nSPS) is 38.9. The number of nitrogens with one attached hydrogen (secondary N) is 1. The molecule has 1 amide bonds. The van der Waals surface area contributed by atoms with Gasteiger partial charge in [-0.2, -0.15) is 0 Å². The maximum atomic E-state index is 14.2. The summed E-state index contributed by atoms with van der Waals surface area (Å²) in [5.41, 5.74) is 0.148. The van der Waals surface area contributed by atoms with Gasteiger partial charge in [-0.3, -0.25) is 4.79 Å². The van der Waals surface area contributed by atoms with E-state index in [9.17, 15) is 13.6 Å². The molecule has 0 bridgehead atoms. The van der Waals surface area contributed by atoms with Crippen LogP contribution >= 0.6 is 0 Å². The molecule has 0 radical (unpaired) electrons. The number of amides is 1. The Morgan fingerprint density at radius 2 is 1.89 bits per heavy atom. The minimum atomic E-state index is -0.791.